The van der Waals surface area contributed by atoms with Crippen molar-refractivity contribution in [2.24, 2.45) is 5.92 Å². The molecule has 102 valence electrons. The Morgan fingerprint density at radius 3 is 2.42 bits per heavy atom. The Balaban J connectivity index is 2.38. The highest BCUT2D eigenvalue weighted by Crippen LogP contribution is 2.39. The van der Waals surface area contributed by atoms with E-state index in [4.69, 9.17) is 4.74 Å². The van der Waals surface area contributed by atoms with Gasteiger partial charge in [-0.05, 0) is 32.9 Å². The number of esters is 1. The summed E-state index contributed by atoms with van der Waals surface area (Å²) in [6.45, 7) is 5.80. The number of carbonyl (C=O) groups excluding carboxylic acids is 2. The van der Waals surface area contributed by atoms with Crippen molar-refractivity contribution in [3.8, 4) is 0 Å². The minimum absolute atomic E-state index is 0.0377. The predicted octanol–water partition coefficient (Wildman–Crippen LogP) is 2.30. The van der Waals surface area contributed by atoms with E-state index in [1.807, 2.05) is 45.0 Å². The third-order valence-electron chi connectivity index (χ3n) is 3.84. The summed E-state index contributed by atoms with van der Waals surface area (Å²) in [7, 11) is 1.36. The molecule has 1 aromatic carbocycles. The van der Waals surface area contributed by atoms with E-state index >= 15 is 0 Å². The van der Waals surface area contributed by atoms with Crippen LogP contribution in [0.1, 0.15) is 25.8 Å². The van der Waals surface area contributed by atoms with Crippen LogP contribution in [0.3, 0.4) is 0 Å². The summed E-state index contributed by atoms with van der Waals surface area (Å²) in [6.07, 6.45) is 0.202. The van der Waals surface area contributed by atoms with Gasteiger partial charge in [-0.3, -0.25) is 9.59 Å². The Morgan fingerprint density at radius 1 is 1.32 bits per heavy atom. The maximum atomic E-state index is 12.2. The summed E-state index contributed by atoms with van der Waals surface area (Å²) >= 11 is 0. The summed E-state index contributed by atoms with van der Waals surface area (Å²) in [6, 6.07) is 7.75. The van der Waals surface area contributed by atoms with E-state index in [0.29, 0.717) is 0 Å². The first-order chi connectivity index (χ1) is 8.87. The zero-order valence-corrected chi connectivity index (χ0v) is 11.8. The van der Waals surface area contributed by atoms with Crippen molar-refractivity contribution in [3.05, 3.63) is 29.8 Å². The predicted molar refractivity (Wildman–Crippen MR) is 72.9 cm³/mol. The normalized spacial score (nSPS) is 21.6. The molecule has 1 atom stereocenters. The third kappa shape index (κ3) is 2.23. The second-order valence-corrected chi connectivity index (χ2v) is 5.50. The molecule has 2 rings (SSSR count). The van der Waals surface area contributed by atoms with E-state index in [9.17, 15) is 9.59 Å². The number of aryl methyl sites for hydroxylation is 1. The number of carbonyl (C=O) groups is 2. The van der Waals surface area contributed by atoms with Crippen LogP contribution in [0, 0.1) is 12.8 Å². The molecule has 0 bridgehead atoms. The van der Waals surface area contributed by atoms with Crippen molar-refractivity contribution in [1.29, 1.82) is 0 Å². The van der Waals surface area contributed by atoms with E-state index in [2.05, 4.69) is 0 Å². The molecule has 1 heterocycles. The summed E-state index contributed by atoms with van der Waals surface area (Å²) < 4.78 is 4.80. The average molecular weight is 261 g/mol. The highest BCUT2D eigenvalue weighted by molar-refractivity contribution is 6.01. The molecule has 1 amide bonds. The maximum absolute atomic E-state index is 12.2. The number of amides is 1. The summed E-state index contributed by atoms with van der Waals surface area (Å²) in [5.74, 6) is -0.788. The Kier molecular flexibility index (Phi) is 3.35. The van der Waals surface area contributed by atoms with Crippen molar-refractivity contribution in [3.63, 3.8) is 0 Å². The van der Waals surface area contributed by atoms with Crippen molar-refractivity contribution in [1.82, 2.24) is 0 Å². The SMILES string of the molecule is COC(=O)C1CC(=O)N(c2ccc(C)cc2)C1(C)C. The van der Waals surface area contributed by atoms with E-state index in [1.165, 1.54) is 7.11 Å². The molecule has 0 saturated carbocycles. The zero-order chi connectivity index (χ0) is 14.2. The largest absolute Gasteiger partial charge is 0.469 e. The molecular weight excluding hydrogens is 242 g/mol. The second kappa shape index (κ2) is 4.68. The van der Waals surface area contributed by atoms with Gasteiger partial charge in [-0.1, -0.05) is 17.7 Å². The minimum Gasteiger partial charge on any atom is -0.469 e. The third-order valence-corrected chi connectivity index (χ3v) is 3.84. The number of nitrogens with zero attached hydrogens (tertiary/aromatic N) is 1. The molecule has 0 aromatic heterocycles. The molecular formula is C15H19NO3. The van der Waals surface area contributed by atoms with Crippen molar-refractivity contribution < 1.29 is 14.3 Å². The fourth-order valence-electron chi connectivity index (χ4n) is 2.68. The lowest BCUT2D eigenvalue weighted by atomic mass is 9.88. The molecule has 19 heavy (non-hydrogen) atoms. The van der Waals surface area contributed by atoms with Crippen LogP contribution in [0.2, 0.25) is 0 Å². The van der Waals surface area contributed by atoms with Crippen LogP contribution in [0.15, 0.2) is 24.3 Å². The van der Waals surface area contributed by atoms with Crippen LogP contribution in [0.4, 0.5) is 5.69 Å². The molecule has 0 N–H and O–H groups in total. The van der Waals surface area contributed by atoms with Crippen molar-refractivity contribution in [2.75, 3.05) is 12.0 Å². The van der Waals surface area contributed by atoms with Crippen LogP contribution >= 0.6 is 0 Å². The standard InChI is InChI=1S/C15H19NO3/c1-10-5-7-11(8-6-10)16-13(17)9-12(14(18)19-4)15(16,2)3/h5-8,12H,9H2,1-4H3. The molecule has 1 fully saturated rings. The first-order valence-electron chi connectivity index (χ1n) is 6.35. The lowest BCUT2D eigenvalue weighted by Crippen LogP contribution is -2.46. The van der Waals surface area contributed by atoms with Gasteiger partial charge < -0.3 is 9.64 Å². The molecule has 0 aliphatic carbocycles. The molecule has 1 aliphatic heterocycles. The van der Waals surface area contributed by atoms with Gasteiger partial charge in [-0.2, -0.15) is 0 Å². The van der Waals surface area contributed by atoms with Gasteiger partial charge in [0.25, 0.3) is 0 Å². The van der Waals surface area contributed by atoms with Crippen LogP contribution in [0.25, 0.3) is 0 Å². The fraction of sp³-hybridized carbons (Fsp3) is 0.467. The number of benzene rings is 1. The molecule has 0 spiro atoms. The van der Waals surface area contributed by atoms with E-state index in [0.717, 1.165) is 11.3 Å². The van der Waals surface area contributed by atoms with Crippen molar-refractivity contribution >= 4 is 17.6 Å². The highest BCUT2D eigenvalue weighted by Gasteiger charge is 2.50. The molecule has 4 heteroatoms. The Bertz CT molecular complexity index is 505. The maximum Gasteiger partial charge on any atom is 0.311 e. The van der Waals surface area contributed by atoms with Gasteiger partial charge in [-0.25, -0.2) is 0 Å². The van der Waals surface area contributed by atoms with Crippen LogP contribution < -0.4 is 4.90 Å². The lowest BCUT2D eigenvalue weighted by Gasteiger charge is -2.34. The molecule has 1 aromatic rings. The molecule has 4 nitrogen and oxygen atoms in total. The van der Waals surface area contributed by atoms with Gasteiger partial charge in [0.05, 0.1) is 18.6 Å². The first-order valence-corrected chi connectivity index (χ1v) is 6.35. The number of hydrogen-bond acceptors (Lipinski definition) is 3. The summed E-state index contributed by atoms with van der Waals surface area (Å²) in [4.78, 5) is 25.7. The second-order valence-electron chi connectivity index (χ2n) is 5.50. The Labute approximate surface area is 113 Å². The number of ether oxygens (including phenoxy) is 1. The smallest absolute Gasteiger partial charge is 0.311 e. The van der Waals surface area contributed by atoms with Gasteiger partial charge >= 0.3 is 5.97 Å². The number of rotatable bonds is 2. The van der Waals surface area contributed by atoms with Crippen LogP contribution in [-0.2, 0) is 14.3 Å². The van der Waals surface area contributed by atoms with Crippen molar-refractivity contribution in [2.45, 2.75) is 32.7 Å². The highest BCUT2D eigenvalue weighted by atomic mass is 16.5. The molecule has 1 aliphatic rings. The van der Waals surface area contributed by atoms with E-state index in [1.54, 1.807) is 4.90 Å². The van der Waals surface area contributed by atoms with Gasteiger partial charge in [0.15, 0.2) is 0 Å². The first kappa shape index (κ1) is 13.6. The summed E-state index contributed by atoms with van der Waals surface area (Å²) in [5, 5.41) is 0. The zero-order valence-electron chi connectivity index (χ0n) is 11.8. The van der Waals surface area contributed by atoms with Gasteiger partial charge in [0.2, 0.25) is 5.91 Å². The fourth-order valence-corrected chi connectivity index (χ4v) is 2.68. The summed E-state index contributed by atoms with van der Waals surface area (Å²) in [5.41, 5.74) is 1.39. The molecule has 1 unspecified atom stereocenters. The lowest BCUT2D eigenvalue weighted by molar-refractivity contribution is -0.147. The number of methoxy groups -OCH3 is 1. The molecule has 1 saturated heterocycles. The Hall–Kier alpha value is -1.84. The van der Waals surface area contributed by atoms with Gasteiger partial charge in [0, 0.05) is 12.1 Å². The van der Waals surface area contributed by atoms with Gasteiger partial charge in [-0.15, -0.1) is 0 Å². The quantitative estimate of drug-likeness (QED) is 0.767. The van der Waals surface area contributed by atoms with Crippen LogP contribution in [0.5, 0.6) is 0 Å². The van der Waals surface area contributed by atoms with E-state index in [-0.39, 0.29) is 18.3 Å². The van der Waals surface area contributed by atoms with Gasteiger partial charge in [0.1, 0.15) is 0 Å². The monoisotopic (exact) mass is 261 g/mol. The topological polar surface area (TPSA) is 46.6 Å². The van der Waals surface area contributed by atoms with E-state index < -0.39 is 11.5 Å². The number of hydrogen-bond donors (Lipinski definition) is 0. The average Bonchev–Trinajstić information content (AvgIpc) is 2.60. The van der Waals surface area contributed by atoms with Crippen LogP contribution in [-0.4, -0.2) is 24.5 Å². The molecule has 0 radical (unpaired) electrons. The minimum atomic E-state index is -0.570. The Morgan fingerprint density at radius 2 is 1.89 bits per heavy atom. The number of anilines is 1.